The highest BCUT2D eigenvalue weighted by molar-refractivity contribution is 7.92. The van der Waals surface area contributed by atoms with Gasteiger partial charge >= 0.3 is 0 Å². The van der Waals surface area contributed by atoms with Crippen LogP contribution in [0.15, 0.2) is 83.8 Å². The predicted octanol–water partition coefficient (Wildman–Crippen LogP) is 5.13. The molecule has 0 saturated carbocycles. The lowest BCUT2D eigenvalue weighted by atomic mass is 10.1. The van der Waals surface area contributed by atoms with Gasteiger partial charge in [-0.25, -0.2) is 8.42 Å². The van der Waals surface area contributed by atoms with Gasteiger partial charge in [-0.3, -0.25) is 13.9 Å². The molecule has 0 heterocycles. The van der Waals surface area contributed by atoms with Crippen molar-refractivity contribution in [3.63, 3.8) is 0 Å². The third-order valence-electron chi connectivity index (χ3n) is 5.76. The lowest BCUT2D eigenvalue weighted by Gasteiger charge is -2.33. The van der Waals surface area contributed by atoms with E-state index in [1.54, 1.807) is 68.4 Å². The summed E-state index contributed by atoms with van der Waals surface area (Å²) >= 11 is 12.4. The lowest BCUT2D eigenvalue weighted by molar-refractivity contribution is -0.140. The fourth-order valence-corrected chi connectivity index (χ4v) is 5.63. The van der Waals surface area contributed by atoms with Crippen molar-refractivity contribution in [1.82, 2.24) is 10.2 Å². The van der Waals surface area contributed by atoms with Gasteiger partial charge in [0.1, 0.15) is 12.6 Å². The summed E-state index contributed by atoms with van der Waals surface area (Å²) in [6.07, 6.45) is 0.328. The number of amides is 2. The molecule has 0 aromatic heterocycles. The maximum absolute atomic E-state index is 13.9. The average Bonchev–Trinajstić information content (AvgIpc) is 2.89. The van der Waals surface area contributed by atoms with Crippen LogP contribution < -0.4 is 9.62 Å². The van der Waals surface area contributed by atoms with E-state index >= 15 is 0 Å². The van der Waals surface area contributed by atoms with E-state index in [9.17, 15) is 18.0 Å². The molecule has 1 atom stereocenters. The highest BCUT2D eigenvalue weighted by Crippen LogP contribution is 2.26. The highest BCUT2D eigenvalue weighted by Gasteiger charge is 2.33. The summed E-state index contributed by atoms with van der Waals surface area (Å²) in [6, 6.07) is 20.3. The Kier molecular flexibility index (Phi) is 9.97. The van der Waals surface area contributed by atoms with Gasteiger partial charge in [-0.15, -0.1) is 0 Å². The van der Waals surface area contributed by atoms with Gasteiger partial charge < -0.3 is 10.2 Å². The van der Waals surface area contributed by atoms with Gasteiger partial charge in [-0.1, -0.05) is 66.5 Å². The summed E-state index contributed by atoms with van der Waals surface area (Å²) in [4.78, 5) is 28.2. The van der Waals surface area contributed by atoms with Crippen LogP contribution in [0.4, 0.5) is 5.69 Å². The summed E-state index contributed by atoms with van der Waals surface area (Å²) in [6.45, 7) is 3.49. The van der Waals surface area contributed by atoms with E-state index in [0.717, 1.165) is 4.31 Å². The van der Waals surface area contributed by atoms with Crippen LogP contribution in [0.1, 0.15) is 25.8 Å². The topological polar surface area (TPSA) is 86.8 Å². The molecule has 0 aliphatic carbocycles. The van der Waals surface area contributed by atoms with Crippen LogP contribution >= 0.6 is 23.2 Å². The minimum absolute atomic E-state index is 0.0335. The Morgan fingerprint density at radius 3 is 2.11 bits per heavy atom. The van der Waals surface area contributed by atoms with Crippen molar-refractivity contribution < 1.29 is 18.0 Å². The van der Waals surface area contributed by atoms with Crippen molar-refractivity contribution in [2.24, 2.45) is 0 Å². The van der Waals surface area contributed by atoms with Gasteiger partial charge in [-0.2, -0.15) is 0 Å². The Morgan fingerprint density at radius 1 is 0.892 bits per heavy atom. The molecule has 3 aromatic rings. The Morgan fingerprint density at radius 2 is 1.51 bits per heavy atom. The second kappa shape index (κ2) is 12.9. The Hall–Kier alpha value is -3.07. The number of hydrogen-bond acceptors (Lipinski definition) is 4. The minimum Gasteiger partial charge on any atom is -0.355 e. The van der Waals surface area contributed by atoms with Crippen LogP contribution in [-0.2, 0) is 26.2 Å². The third kappa shape index (κ3) is 7.03. The van der Waals surface area contributed by atoms with E-state index < -0.39 is 28.5 Å². The first-order valence-corrected chi connectivity index (χ1v) is 14.0. The highest BCUT2D eigenvalue weighted by atomic mass is 35.5. The van der Waals surface area contributed by atoms with Gasteiger partial charge in [0.05, 0.1) is 10.6 Å². The molecule has 3 rings (SSSR count). The third-order valence-corrected chi connectivity index (χ3v) is 8.17. The molecule has 0 fully saturated rings. The number of carbonyl (C=O) groups excluding carboxylic acids is 2. The van der Waals surface area contributed by atoms with Gasteiger partial charge in [0, 0.05) is 23.1 Å². The zero-order valence-corrected chi connectivity index (χ0v) is 22.9. The van der Waals surface area contributed by atoms with Crippen molar-refractivity contribution in [3.05, 3.63) is 94.5 Å². The van der Waals surface area contributed by atoms with E-state index in [4.69, 9.17) is 23.2 Å². The number of carbonyl (C=O) groups is 2. The molecule has 3 aromatic carbocycles. The second-order valence-electron chi connectivity index (χ2n) is 8.23. The monoisotopic (exact) mass is 561 g/mol. The SMILES string of the molecule is CCNC(=O)C(CC)N(Cc1ccccc1Cl)C(=O)CN(c1ccc(Cl)cc1)S(=O)(=O)c1ccccc1. The summed E-state index contributed by atoms with van der Waals surface area (Å²) in [7, 11) is -4.12. The maximum Gasteiger partial charge on any atom is 0.264 e. The van der Waals surface area contributed by atoms with Crippen molar-refractivity contribution in [2.45, 2.75) is 37.8 Å². The average molecular weight is 563 g/mol. The first-order chi connectivity index (χ1) is 17.7. The fourth-order valence-electron chi connectivity index (χ4n) is 3.88. The largest absolute Gasteiger partial charge is 0.355 e. The van der Waals surface area contributed by atoms with Crippen molar-refractivity contribution >= 4 is 50.7 Å². The summed E-state index contributed by atoms with van der Waals surface area (Å²) in [5, 5.41) is 3.64. The van der Waals surface area contributed by atoms with E-state index in [-0.39, 0.29) is 23.0 Å². The number of rotatable bonds is 11. The van der Waals surface area contributed by atoms with Crippen molar-refractivity contribution in [1.29, 1.82) is 0 Å². The number of likely N-dealkylation sites (N-methyl/N-ethyl adjacent to an activating group) is 1. The van der Waals surface area contributed by atoms with E-state index in [2.05, 4.69) is 5.32 Å². The molecule has 10 heteroatoms. The molecule has 37 heavy (non-hydrogen) atoms. The summed E-state index contributed by atoms with van der Waals surface area (Å²) in [5.74, 6) is -0.873. The smallest absolute Gasteiger partial charge is 0.264 e. The lowest BCUT2D eigenvalue weighted by Crippen LogP contribution is -2.52. The zero-order valence-electron chi connectivity index (χ0n) is 20.6. The van der Waals surface area contributed by atoms with Crippen LogP contribution in [0, 0.1) is 0 Å². The number of halogens is 2. The number of sulfonamides is 1. The number of anilines is 1. The molecule has 2 amide bonds. The zero-order chi connectivity index (χ0) is 27.0. The van der Waals surface area contributed by atoms with Gasteiger partial charge in [-0.05, 0) is 61.4 Å². The Balaban J connectivity index is 2.05. The van der Waals surface area contributed by atoms with Crippen molar-refractivity contribution in [2.75, 3.05) is 17.4 Å². The van der Waals surface area contributed by atoms with Crippen LogP contribution in [0.25, 0.3) is 0 Å². The molecule has 0 aliphatic rings. The molecule has 0 radical (unpaired) electrons. The minimum atomic E-state index is -4.12. The maximum atomic E-state index is 13.9. The summed E-state index contributed by atoms with van der Waals surface area (Å²) < 4.78 is 28.4. The van der Waals surface area contributed by atoms with Crippen LogP contribution in [0.3, 0.4) is 0 Å². The number of hydrogen-bond donors (Lipinski definition) is 1. The molecule has 196 valence electrons. The normalized spacial score (nSPS) is 12.0. The molecule has 0 spiro atoms. The molecule has 0 bridgehead atoms. The molecule has 7 nitrogen and oxygen atoms in total. The molecule has 0 saturated heterocycles. The summed E-state index contributed by atoms with van der Waals surface area (Å²) in [5.41, 5.74) is 0.912. The Labute approximate surface area is 228 Å². The van der Waals surface area contributed by atoms with Gasteiger partial charge in [0.2, 0.25) is 11.8 Å². The van der Waals surface area contributed by atoms with E-state index in [1.807, 2.05) is 0 Å². The quantitative estimate of drug-likeness (QED) is 0.351. The molecule has 1 unspecified atom stereocenters. The molecule has 0 aliphatic heterocycles. The first-order valence-electron chi connectivity index (χ1n) is 11.8. The second-order valence-corrected chi connectivity index (χ2v) is 10.9. The predicted molar refractivity (Wildman–Crippen MR) is 147 cm³/mol. The molecule has 1 N–H and O–H groups in total. The number of benzene rings is 3. The van der Waals surface area contributed by atoms with Gasteiger partial charge in [0.25, 0.3) is 10.0 Å². The van der Waals surface area contributed by atoms with Crippen LogP contribution in [-0.4, -0.2) is 44.3 Å². The standard InChI is InChI=1S/C27H29Cl2N3O4S/c1-3-25(27(34)30-4-2)31(18-20-10-8-9-13-24(20)29)26(33)19-32(22-16-14-21(28)15-17-22)37(35,36)23-11-6-5-7-12-23/h5-17,25H,3-4,18-19H2,1-2H3,(H,30,34). The van der Waals surface area contributed by atoms with Crippen molar-refractivity contribution in [3.8, 4) is 0 Å². The van der Waals surface area contributed by atoms with Crippen LogP contribution in [0.5, 0.6) is 0 Å². The number of nitrogens with zero attached hydrogens (tertiary/aromatic N) is 2. The fraction of sp³-hybridized carbons (Fsp3) is 0.259. The van der Waals surface area contributed by atoms with Crippen LogP contribution in [0.2, 0.25) is 10.0 Å². The van der Waals surface area contributed by atoms with E-state index in [1.165, 1.54) is 29.2 Å². The van der Waals surface area contributed by atoms with E-state index in [0.29, 0.717) is 28.6 Å². The first kappa shape index (κ1) is 28.5. The Bertz CT molecular complexity index is 1320. The molecular weight excluding hydrogens is 533 g/mol. The number of nitrogens with one attached hydrogen (secondary N) is 1. The molecular formula is C27H29Cl2N3O4S. The van der Waals surface area contributed by atoms with Gasteiger partial charge in [0.15, 0.2) is 0 Å².